The molecule has 1 unspecified atom stereocenters. The number of ether oxygens (including phenoxy) is 6. The standard InChI is InChI=1S/C47H76O10S/c1-29(2)15-14-16-30(3)38-19-20-39-37-18-17-35-27-36(21-23-46(35,8)40(37)22-24-47(38,39)9)52-25-12-10-11-13-26-58-45-44(56-34(7)51)43(55-33(6)50)42(54-32(5)49)41(57-45)28-53-31(4)48/h17,29-30,36-45H,10-16,18-28H2,1-9H3/t30-,36?,37+,38-,39+,40+,41-,42-,43+,44+,45-,46+,47-/m1/s1. The van der Waals surface area contributed by atoms with Gasteiger partial charge in [-0.1, -0.05) is 78.4 Å². The fourth-order valence-corrected chi connectivity index (χ4v) is 13.3. The average molecular weight is 833 g/mol. The predicted octanol–water partition coefficient (Wildman–Crippen LogP) is 9.79. The van der Waals surface area contributed by atoms with Crippen molar-refractivity contribution in [2.75, 3.05) is 19.0 Å². The quantitative estimate of drug-likeness (QED) is 0.0535. The van der Waals surface area contributed by atoms with Gasteiger partial charge < -0.3 is 28.4 Å². The van der Waals surface area contributed by atoms with E-state index in [0.717, 1.165) is 80.6 Å². The lowest BCUT2D eigenvalue weighted by atomic mass is 9.47. The largest absolute Gasteiger partial charge is 0.463 e. The molecule has 1 saturated heterocycles. The first kappa shape index (κ1) is 46.9. The summed E-state index contributed by atoms with van der Waals surface area (Å²) >= 11 is 1.44. The van der Waals surface area contributed by atoms with Crippen LogP contribution in [0, 0.1) is 46.3 Å². The molecule has 13 atom stereocenters. The zero-order valence-electron chi connectivity index (χ0n) is 37.2. The second-order valence-corrected chi connectivity index (χ2v) is 20.6. The summed E-state index contributed by atoms with van der Waals surface area (Å²) < 4.78 is 34.6. The number of hydrogen-bond acceptors (Lipinski definition) is 11. The molecule has 5 rings (SSSR count). The van der Waals surface area contributed by atoms with Crippen LogP contribution in [0.15, 0.2) is 11.6 Å². The average Bonchev–Trinajstić information content (AvgIpc) is 3.50. The molecule has 1 heterocycles. The molecule has 0 aromatic carbocycles. The second kappa shape index (κ2) is 21.1. The summed E-state index contributed by atoms with van der Waals surface area (Å²) in [7, 11) is 0. The molecule has 0 amide bonds. The monoisotopic (exact) mass is 833 g/mol. The van der Waals surface area contributed by atoms with E-state index < -0.39 is 53.7 Å². The van der Waals surface area contributed by atoms with Gasteiger partial charge in [0.1, 0.15) is 18.1 Å². The minimum absolute atomic E-state index is 0.216. The zero-order chi connectivity index (χ0) is 42.2. The minimum atomic E-state index is -1.13. The Morgan fingerprint density at radius 1 is 0.776 bits per heavy atom. The summed E-state index contributed by atoms with van der Waals surface area (Å²) in [6.45, 7) is 18.1. The number of allylic oxidation sites excluding steroid dienone is 1. The molecule has 5 aliphatic rings. The molecule has 3 saturated carbocycles. The number of rotatable bonds is 19. The molecule has 330 valence electrons. The van der Waals surface area contributed by atoms with Crippen molar-refractivity contribution in [2.45, 2.75) is 195 Å². The summed E-state index contributed by atoms with van der Waals surface area (Å²) in [6.07, 6.45) is 17.3. The molecule has 1 aliphatic heterocycles. The molecule has 0 aromatic rings. The molecule has 0 radical (unpaired) electrons. The third-order valence-corrected chi connectivity index (χ3v) is 16.1. The molecular formula is C47H76O10S. The van der Waals surface area contributed by atoms with Crippen LogP contribution in [-0.2, 0) is 47.6 Å². The highest BCUT2D eigenvalue weighted by atomic mass is 32.2. The number of esters is 4. The van der Waals surface area contributed by atoms with Crippen molar-refractivity contribution in [3.8, 4) is 0 Å². The van der Waals surface area contributed by atoms with Crippen LogP contribution in [0.4, 0.5) is 0 Å². The van der Waals surface area contributed by atoms with Crippen molar-refractivity contribution >= 4 is 35.6 Å². The van der Waals surface area contributed by atoms with Crippen LogP contribution in [0.5, 0.6) is 0 Å². The Labute approximate surface area is 353 Å². The van der Waals surface area contributed by atoms with Crippen molar-refractivity contribution in [2.24, 2.45) is 46.3 Å². The van der Waals surface area contributed by atoms with Gasteiger partial charge in [-0.05, 0) is 116 Å². The lowest BCUT2D eigenvalue weighted by Crippen LogP contribution is -2.61. The maximum atomic E-state index is 12.1. The van der Waals surface area contributed by atoms with Crippen LogP contribution in [-0.4, -0.2) is 78.8 Å². The summed E-state index contributed by atoms with van der Waals surface area (Å²) in [6, 6.07) is 0. The highest BCUT2D eigenvalue weighted by molar-refractivity contribution is 7.99. The van der Waals surface area contributed by atoms with Crippen molar-refractivity contribution in [3.63, 3.8) is 0 Å². The molecule has 0 aromatic heterocycles. The highest BCUT2D eigenvalue weighted by Crippen LogP contribution is 2.67. The Kier molecular flexibility index (Phi) is 17.1. The Bertz CT molecular complexity index is 1430. The van der Waals surface area contributed by atoms with Gasteiger partial charge in [0.25, 0.3) is 0 Å². The summed E-state index contributed by atoms with van der Waals surface area (Å²) in [5.74, 6) is 3.44. The molecule has 11 heteroatoms. The molecule has 0 N–H and O–H groups in total. The van der Waals surface area contributed by atoms with Crippen LogP contribution < -0.4 is 0 Å². The molecule has 4 aliphatic carbocycles. The predicted molar refractivity (Wildman–Crippen MR) is 226 cm³/mol. The molecule has 58 heavy (non-hydrogen) atoms. The van der Waals surface area contributed by atoms with E-state index >= 15 is 0 Å². The first-order chi connectivity index (χ1) is 27.5. The van der Waals surface area contributed by atoms with Crippen molar-refractivity contribution < 1.29 is 47.6 Å². The SMILES string of the molecule is CC(=O)OC[C@H]1O[C@H](SCCCCCCOC2CC[C@@]3(C)C(=CC[C@H]4[C@@H]5CC[C@H]([C@H](C)CCCC(C)C)[C@@]5(C)CC[C@@H]43)C2)[C@@H](OC(C)=O)[C@@H](OC(C)=O)[C@@H]1OC(C)=O. The van der Waals surface area contributed by atoms with Gasteiger partial charge in [-0.2, -0.15) is 0 Å². The number of unbranched alkanes of at least 4 members (excludes halogenated alkanes) is 3. The van der Waals surface area contributed by atoms with Gasteiger partial charge in [0.2, 0.25) is 0 Å². The highest BCUT2D eigenvalue weighted by Gasteiger charge is 2.59. The zero-order valence-corrected chi connectivity index (χ0v) is 38.0. The number of fused-ring (bicyclic) bond motifs is 5. The molecule has 10 nitrogen and oxygen atoms in total. The van der Waals surface area contributed by atoms with E-state index in [1.165, 1.54) is 97.2 Å². The lowest BCUT2D eigenvalue weighted by molar-refractivity contribution is -0.237. The third kappa shape index (κ3) is 11.6. The summed E-state index contributed by atoms with van der Waals surface area (Å²) in [5.41, 5.74) is 1.81. The third-order valence-electron chi connectivity index (χ3n) is 14.9. The van der Waals surface area contributed by atoms with E-state index in [9.17, 15) is 19.2 Å². The van der Waals surface area contributed by atoms with Gasteiger partial charge >= 0.3 is 23.9 Å². The number of thioether (sulfide) groups is 1. The fraction of sp³-hybridized carbons (Fsp3) is 0.872. The fourth-order valence-electron chi connectivity index (χ4n) is 12.1. The second-order valence-electron chi connectivity index (χ2n) is 19.4. The van der Waals surface area contributed by atoms with E-state index in [1.54, 1.807) is 5.57 Å². The minimum Gasteiger partial charge on any atom is -0.463 e. The molecule has 0 spiro atoms. The number of hydrogen-bond donors (Lipinski definition) is 0. The maximum absolute atomic E-state index is 12.1. The van der Waals surface area contributed by atoms with Crippen molar-refractivity contribution in [1.29, 1.82) is 0 Å². The van der Waals surface area contributed by atoms with Crippen molar-refractivity contribution in [1.82, 2.24) is 0 Å². The van der Waals surface area contributed by atoms with Crippen LogP contribution in [0.3, 0.4) is 0 Å². The lowest BCUT2D eigenvalue weighted by Gasteiger charge is -2.58. The first-order valence-electron chi connectivity index (χ1n) is 22.8. The Morgan fingerprint density at radius 2 is 1.47 bits per heavy atom. The molecule has 0 bridgehead atoms. The Balaban J connectivity index is 1.06. The van der Waals surface area contributed by atoms with E-state index in [-0.39, 0.29) is 6.61 Å². The first-order valence-corrected chi connectivity index (χ1v) is 23.8. The van der Waals surface area contributed by atoms with Crippen LogP contribution in [0.2, 0.25) is 0 Å². The van der Waals surface area contributed by atoms with Gasteiger partial charge in [0, 0.05) is 34.3 Å². The molecular weight excluding hydrogens is 757 g/mol. The van der Waals surface area contributed by atoms with Gasteiger partial charge in [-0.15, -0.1) is 11.8 Å². The van der Waals surface area contributed by atoms with Crippen LogP contribution >= 0.6 is 11.8 Å². The maximum Gasteiger partial charge on any atom is 0.303 e. The number of carbonyl (C=O) groups excluding carboxylic acids is 4. The smallest absolute Gasteiger partial charge is 0.303 e. The van der Waals surface area contributed by atoms with Gasteiger partial charge in [0.05, 0.1) is 6.10 Å². The van der Waals surface area contributed by atoms with E-state index in [1.807, 2.05) is 0 Å². The Morgan fingerprint density at radius 3 is 2.16 bits per heavy atom. The Hall–Kier alpha value is -2.11. The van der Waals surface area contributed by atoms with Crippen molar-refractivity contribution in [3.05, 3.63) is 11.6 Å². The van der Waals surface area contributed by atoms with Gasteiger partial charge in [-0.3, -0.25) is 19.2 Å². The van der Waals surface area contributed by atoms with E-state index in [2.05, 4.69) is 40.7 Å². The van der Waals surface area contributed by atoms with Crippen LogP contribution in [0.1, 0.15) is 159 Å². The summed E-state index contributed by atoms with van der Waals surface area (Å²) in [5, 5.41) is 0. The van der Waals surface area contributed by atoms with Gasteiger partial charge in [-0.25, -0.2) is 0 Å². The van der Waals surface area contributed by atoms with Gasteiger partial charge in [0.15, 0.2) is 18.3 Å². The molecule has 4 fully saturated rings. The summed E-state index contributed by atoms with van der Waals surface area (Å²) in [4.78, 5) is 47.9. The van der Waals surface area contributed by atoms with E-state index in [0.29, 0.717) is 22.7 Å². The topological polar surface area (TPSA) is 124 Å². The normalized spacial score (nSPS) is 36.1. The van der Waals surface area contributed by atoms with Crippen LogP contribution in [0.25, 0.3) is 0 Å². The number of carbonyl (C=O) groups is 4. The van der Waals surface area contributed by atoms with E-state index in [4.69, 9.17) is 28.4 Å².